The molecule has 1 unspecified atom stereocenters. The monoisotopic (exact) mass is 400 g/mol. The van der Waals surface area contributed by atoms with Crippen LogP contribution >= 0.6 is 0 Å². The molecule has 5 rings (SSSR count). The van der Waals surface area contributed by atoms with Crippen molar-refractivity contribution < 1.29 is 14.7 Å². The topological polar surface area (TPSA) is 95.4 Å². The molecule has 0 saturated heterocycles. The fourth-order valence-corrected chi connectivity index (χ4v) is 3.90. The van der Waals surface area contributed by atoms with Crippen LogP contribution in [0.15, 0.2) is 60.4 Å². The zero-order valence-electron chi connectivity index (χ0n) is 16.2. The van der Waals surface area contributed by atoms with Gasteiger partial charge in [0.1, 0.15) is 5.69 Å². The van der Waals surface area contributed by atoms with E-state index in [1.807, 2.05) is 35.2 Å². The molecule has 2 aliphatic rings. The van der Waals surface area contributed by atoms with Crippen molar-refractivity contribution >= 4 is 22.7 Å². The number of carbonyl (C=O) groups excluding carboxylic acids is 2. The molecule has 0 fully saturated rings. The normalized spacial score (nSPS) is 17.9. The number of nitrogens with zero attached hydrogens (tertiary/aromatic N) is 3. The number of nitrogens with one attached hydrogen (secondary N) is 1. The first-order valence-electron chi connectivity index (χ1n) is 9.87. The summed E-state index contributed by atoms with van der Waals surface area (Å²) in [4.78, 5) is 34.5. The van der Waals surface area contributed by atoms with Crippen molar-refractivity contribution in [2.45, 2.75) is 25.6 Å². The minimum absolute atomic E-state index is 0.232. The number of hydrogen-bond donors (Lipinski definition) is 2. The summed E-state index contributed by atoms with van der Waals surface area (Å²) in [6.07, 6.45) is 2.86. The molecule has 3 aromatic rings. The number of ketones is 1. The number of fused-ring (bicyclic) bond motifs is 2. The Balaban J connectivity index is 1.27. The van der Waals surface area contributed by atoms with E-state index in [1.165, 1.54) is 17.8 Å². The van der Waals surface area contributed by atoms with Gasteiger partial charge in [-0.15, -0.1) is 0 Å². The molecule has 150 valence electrons. The first-order chi connectivity index (χ1) is 14.6. The van der Waals surface area contributed by atoms with Crippen molar-refractivity contribution in [2.24, 2.45) is 0 Å². The smallest absolute Gasteiger partial charge is 0.271 e. The number of benzene rings is 2. The molecule has 1 amide bonds. The van der Waals surface area contributed by atoms with E-state index >= 15 is 0 Å². The molecule has 1 atom stereocenters. The van der Waals surface area contributed by atoms with Crippen molar-refractivity contribution in [3.05, 3.63) is 82.8 Å². The van der Waals surface area contributed by atoms with Crippen molar-refractivity contribution in [2.75, 3.05) is 6.54 Å². The number of aromatic nitrogens is 2. The van der Waals surface area contributed by atoms with Crippen molar-refractivity contribution in [1.82, 2.24) is 20.2 Å². The van der Waals surface area contributed by atoms with Gasteiger partial charge < -0.3 is 15.3 Å². The van der Waals surface area contributed by atoms with E-state index in [0.29, 0.717) is 24.3 Å². The average Bonchev–Trinajstić information content (AvgIpc) is 2.79. The quantitative estimate of drug-likeness (QED) is 0.693. The van der Waals surface area contributed by atoms with Crippen molar-refractivity contribution in [1.29, 1.82) is 0 Å². The van der Waals surface area contributed by atoms with E-state index in [2.05, 4.69) is 27.4 Å². The summed E-state index contributed by atoms with van der Waals surface area (Å²) >= 11 is 0. The number of amides is 1. The van der Waals surface area contributed by atoms with E-state index in [4.69, 9.17) is 0 Å². The molecule has 2 N–H and O–H groups in total. The number of aliphatic hydroxyl groups excluding tert-OH is 1. The zero-order chi connectivity index (χ0) is 20.7. The van der Waals surface area contributed by atoms with Crippen LogP contribution in [0.3, 0.4) is 0 Å². The standard InChI is InChI=1S/C23H20N4O3/c28-21-10-20(22(21)29)27-8-7-15-6-5-14(9-16(15)13-27)11-25-23(30)19-12-24-17-3-1-2-4-18(17)26-19/h1-6,9-10,12,22,29H,7-8,11,13H2,(H,25,30). The summed E-state index contributed by atoms with van der Waals surface area (Å²) in [6.45, 7) is 1.80. The Morgan fingerprint density at radius 3 is 2.80 bits per heavy atom. The number of hydrogen-bond acceptors (Lipinski definition) is 6. The third kappa shape index (κ3) is 3.33. The highest BCUT2D eigenvalue weighted by Gasteiger charge is 2.33. The maximum absolute atomic E-state index is 12.5. The van der Waals surface area contributed by atoms with Gasteiger partial charge in [0.05, 0.1) is 22.9 Å². The van der Waals surface area contributed by atoms with Gasteiger partial charge in [-0.3, -0.25) is 14.6 Å². The van der Waals surface area contributed by atoms with Crippen LogP contribution in [0.4, 0.5) is 0 Å². The van der Waals surface area contributed by atoms with Gasteiger partial charge in [-0.05, 0) is 35.2 Å². The minimum atomic E-state index is -0.989. The Kier molecular flexibility index (Phi) is 4.52. The highest BCUT2D eigenvalue weighted by molar-refractivity contribution is 6.03. The van der Waals surface area contributed by atoms with Gasteiger partial charge in [-0.2, -0.15) is 0 Å². The predicted molar refractivity (Wildman–Crippen MR) is 110 cm³/mol. The number of rotatable bonds is 4. The zero-order valence-corrected chi connectivity index (χ0v) is 16.2. The summed E-state index contributed by atoms with van der Waals surface area (Å²) in [5, 5.41) is 12.7. The maximum Gasteiger partial charge on any atom is 0.271 e. The Labute approximate surface area is 173 Å². The summed E-state index contributed by atoms with van der Waals surface area (Å²) in [6, 6.07) is 13.6. The van der Waals surface area contributed by atoms with E-state index in [9.17, 15) is 14.7 Å². The SMILES string of the molecule is O=C(NCc1ccc2c(c1)CN(C1=CC(=O)C1O)CC2)c1cnc2ccccc2n1. The molecular formula is C23H20N4O3. The second kappa shape index (κ2) is 7.35. The molecule has 7 heteroatoms. The van der Waals surface area contributed by atoms with Gasteiger partial charge >= 0.3 is 0 Å². The molecular weight excluding hydrogens is 380 g/mol. The third-order valence-electron chi connectivity index (χ3n) is 5.62. The van der Waals surface area contributed by atoms with Gasteiger partial charge in [0.15, 0.2) is 11.9 Å². The van der Waals surface area contributed by atoms with Crippen LogP contribution in [-0.2, 0) is 24.3 Å². The van der Waals surface area contributed by atoms with Crippen LogP contribution in [0.25, 0.3) is 11.0 Å². The van der Waals surface area contributed by atoms with Crippen LogP contribution in [0, 0.1) is 0 Å². The van der Waals surface area contributed by atoms with E-state index < -0.39 is 6.10 Å². The van der Waals surface area contributed by atoms with Gasteiger partial charge in [0.2, 0.25) is 0 Å². The lowest BCUT2D eigenvalue weighted by Crippen LogP contribution is -2.43. The lowest BCUT2D eigenvalue weighted by molar-refractivity contribution is -0.124. The van der Waals surface area contributed by atoms with E-state index in [0.717, 1.165) is 29.6 Å². The molecule has 1 aromatic heterocycles. The van der Waals surface area contributed by atoms with E-state index in [-0.39, 0.29) is 17.4 Å². The summed E-state index contributed by atoms with van der Waals surface area (Å²) in [7, 11) is 0. The lowest BCUT2D eigenvalue weighted by Gasteiger charge is -2.37. The molecule has 2 heterocycles. The Morgan fingerprint density at radius 1 is 1.17 bits per heavy atom. The second-order valence-corrected chi connectivity index (χ2v) is 7.58. The first-order valence-corrected chi connectivity index (χ1v) is 9.87. The van der Waals surface area contributed by atoms with Crippen LogP contribution in [0.5, 0.6) is 0 Å². The third-order valence-corrected chi connectivity index (χ3v) is 5.62. The maximum atomic E-state index is 12.5. The summed E-state index contributed by atoms with van der Waals surface area (Å²) in [5.74, 6) is -0.502. The minimum Gasteiger partial charge on any atom is -0.379 e. The van der Waals surface area contributed by atoms with Crippen molar-refractivity contribution in [3.63, 3.8) is 0 Å². The van der Waals surface area contributed by atoms with Crippen LogP contribution in [0.1, 0.15) is 27.2 Å². The molecule has 1 aliphatic heterocycles. The van der Waals surface area contributed by atoms with E-state index in [1.54, 1.807) is 0 Å². The number of para-hydroxylation sites is 2. The van der Waals surface area contributed by atoms with Crippen molar-refractivity contribution in [3.8, 4) is 0 Å². The Bertz CT molecular complexity index is 1200. The highest BCUT2D eigenvalue weighted by Crippen LogP contribution is 2.28. The molecule has 7 nitrogen and oxygen atoms in total. The van der Waals surface area contributed by atoms with Gasteiger partial charge in [0, 0.05) is 25.7 Å². The molecule has 30 heavy (non-hydrogen) atoms. The highest BCUT2D eigenvalue weighted by atomic mass is 16.3. The predicted octanol–water partition coefficient (Wildman–Crippen LogP) is 1.75. The van der Waals surface area contributed by atoms with Gasteiger partial charge in [0.25, 0.3) is 5.91 Å². The summed E-state index contributed by atoms with van der Waals surface area (Å²) < 4.78 is 0. The largest absolute Gasteiger partial charge is 0.379 e. The van der Waals surface area contributed by atoms with Crippen LogP contribution < -0.4 is 5.32 Å². The molecule has 0 spiro atoms. The fraction of sp³-hybridized carbons (Fsp3) is 0.217. The summed E-state index contributed by atoms with van der Waals surface area (Å²) in [5.41, 5.74) is 5.80. The number of carbonyl (C=O) groups is 2. The molecule has 0 saturated carbocycles. The fourth-order valence-electron chi connectivity index (χ4n) is 3.90. The second-order valence-electron chi connectivity index (χ2n) is 7.58. The number of aliphatic hydroxyl groups is 1. The Morgan fingerprint density at radius 2 is 2.00 bits per heavy atom. The molecule has 1 aliphatic carbocycles. The Hall–Kier alpha value is -3.58. The van der Waals surface area contributed by atoms with Crippen LogP contribution in [-0.4, -0.2) is 44.3 Å². The first kappa shape index (κ1) is 18.4. The van der Waals surface area contributed by atoms with Crippen LogP contribution in [0.2, 0.25) is 0 Å². The average molecular weight is 400 g/mol. The van der Waals surface area contributed by atoms with Gasteiger partial charge in [-0.1, -0.05) is 30.3 Å². The molecule has 2 aromatic carbocycles. The van der Waals surface area contributed by atoms with Gasteiger partial charge in [-0.25, -0.2) is 4.98 Å². The lowest BCUT2D eigenvalue weighted by atomic mass is 9.93. The molecule has 0 radical (unpaired) electrons. The molecule has 0 bridgehead atoms.